The lowest BCUT2D eigenvalue weighted by Gasteiger charge is -2.22. The molecule has 7 heteroatoms. The van der Waals surface area contributed by atoms with E-state index in [-0.39, 0.29) is 0 Å². The van der Waals surface area contributed by atoms with Crippen LogP contribution in [0.5, 0.6) is 5.75 Å². The number of rotatable bonds is 4. The summed E-state index contributed by atoms with van der Waals surface area (Å²) < 4.78 is 18.2. The lowest BCUT2D eigenvalue weighted by atomic mass is 9.92. The number of hydrogen-bond donors (Lipinski definition) is 1. The molecule has 3 amide bonds. The van der Waals surface area contributed by atoms with Gasteiger partial charge in [-0.2, -0.15) is 0 Å². The Labute approximate surface area is 143 Å². The number of imide groups is 1. The normalized spacial score (nSPS) is 19.7. The smallest absolute Gasteiger partial charge is 0.331 e. The van der Waals surface area contributed by atoms with Crippen molar-refractivity contribution < 1.29 is 23.5 Å². The molecule has 1 saturated heterocycles. The molecule has 2 aromatic rings. The summed E-state index contributed by atoms with van der Waals surface area (Å²) in [5, 5.41) is 2.54. The monoisotopic (exact) mass is 342 g/mol. The Hall–Kier alpha value is -3.22. The third kappa shape index (κ3) is 3.21. The van der Waals surface area contributed by atoms with E-state index in [4.69, 9.17) is 4.74 Å². The number of carbonyl (C=O) groups is 3. The number of benzene rings is 2. The van der Waals surface area contributed by atoms with Crippen LogP contribution in [0.3, 0.4) is 0 Å². The summed E-state index contributed by atoms with van der Waals surface area (Å²) in [6.45, 7) is 0.985. The first-order valence-corrected chi connectivity index (χ1v) is 7.56. The Morgan fingerprint density at radius 1 is 1.12 bits per heavy atom. The van der Waals surface area contributed by atoms with Crippen LogP contribution in [0.4, 0.5) is 9.18 Å². The van der Waals surface area contributed by atoms with Crippen molar-refractivity contribution in [3.8, 4) is 5.75 Å². The quantitative estimate of drug-likeness (QED) is 0.525. The first kappa shape index (κ1) is 16.6. The molecule has 0 aliphatic carbocycles. The van der Waals surface area contributed by atoms with E-state index in [9.17, 15) is 18.8 Å². The average molecular weight is 342 g/mol. The lowest BCUT2D eigenvalue weighted by Crippen LogP contribution is -2.42. The summed E-state index contributed by atoms with van der Waals surface area (Å²) >= 11 is 0. The summed E-state index contributed by atoms with van der Waals surface area (Å²) in [7, 11) is 0. The molecule has 1 fully saturated rings. The van der Waals surface area contributed by atoms with Crippen LogP contribution in [0.15, 0.2) is 54.6 Å². The molecular formula is C18H15FN2O4. The van der Waals surface area contributed by atoms with Crippen LogP contribution in [-0.4, -0.2) is 29.4 Å². The van der Waals surface area contributed by atoms with Gasteiger partial charge in [0.1, 0.15) is 23.7 Å². The molecule has 6 nitrogen and oxygen atoms in total. The number of nitrogens with one attached hydrogen (secondary N) is 1. The number of ether oxygens (including phenoxy) is 1. The zero-order valence-corrected chi connectivity index (χ0v) is 13.4. The van der Waals surface area contributed by atoms with Gasteiger partial charge in [0.05, 0.1) is 0 Å². The Morgan fingerprint density at radius 3 is 2.40 bits per heavy atom. The van der Waals surface area contributed by atoms with Crippen LogP contribution in [0.25, 0.3) is 0 Å². The van der Waals surface area contributed by atoms with Gasteiger partial charge >= 0.3 is 12.0 Å². The number of hydrogen-bond acceptors (Lipinski definition) is 4. The SMILES string of the molecule is CC1(c2ccc(F)cc2)NC(=O)N(CC(=O)Oc2ccccc2)C1=O. The molecule has 25 heavy (non-hydrogen) atoms. The van der Waals surface area contributed by atoms with Crippen molar-refractivity contribution in [1.29, 1.82) is 0 Å². The van der Waals surface area contributed by atoms with Crippen LogP contribution in [0, 0.1) is 5.82 Å². The standard InChI is InChI=1S/C18H15FN2O4/c1-18(12-7-9-13(19)10-8-12)16(23)21(17(24)20-18)11-15(22)25-14-5-3-2-4-6-14/h2-10H,11H2,1H3,(H,20,24). The van der Waals surface area contributed by atoms with E-state index in [1.54, 1.807) is 30.3 Å². The summed E-state index contributed by atoms with van der Waals surface area (Å²) in [6.07, 6.45) is 0. The Kier molecular flexibility index (Phi) is 4.22. The molecule has 2 aromatic carbocycles. The molecule has 0 spiro atoms. The fourth-order valence-corrected chi connectivity index (χ4v) is 2.60. The summed E-state index contributed by atoms with van der Waals surface area (Å²) in [4.78, 5) is 37.6. The van der Waals surface area contributed by atoms with Gasteiger partial charge in [-0.15, -0.1) is 0 Å². The number of esters is 1. The van der Waals surface area contributed by atoms with Gasteiger partial charge in [0.25, 0.3) is 5.91 Å². The van der Waals surface area contributed by atoms with E-state index in [0.29, 0.717) is 11.3 Å². The third-order valence-electron chi connectivity index (χ3n) is 3.96. The van der Waals surface area contributed by atoms with Crippen molar-refractivity contribution in [2.75, 3.05) is 6.54 Å². The highest BCUT2D eigenvalue weighted by atomic mass is 19.1. The molecular weight excluding hydrogens is 327 g/mol. The highest BCUT2D eigenvalue weighted by Crippen LogP contribution is 2.28. The largest absolute Gasteiger partial charge is 0.425 e. The molecule has 1 N–H and O–H groups in total. The van der Waals surface area contributed by atoms with Crippen LogP contribution in [-0.2, 0) is 15.1 Å². The van der Waals surface area contributed by atoms with Crippen LogP contribution in [0.1, 0.15) is 12.5 Å². The van der Waals surface area contributed by atoms with Gasteiger partial charge in [-0.25, -0.2) is 14.0 Å². The molecule has 1 unspecified atom stereocenters. The van der Waals surface area contributed by atoms with Crippen LogP contribution >= 0.6 is 0 Å². The zero-order valence-electron chi connectivity index (χ0n) is 13.4. The first-order chi connectivity index (χ1) is 11.9. The van der Waals surface area contributed by atoms with E-state index < -0.39 is 35.8 Å². The van der Waals surface area contributed by atoms with E-state index in [1.165, 1.54) is 31.2 Å². The molecule has 0 saturated carbocycles. The minimum Gasteiger partial charge on any atom is -0.425 e. The topological polar surface area (TPSA) is 75.7 Å². The van der Waals surface area contributed by atoms with Gasteiger partial charge in [-0.3, -0.25) is 9.69 Å². The first-order valence-electron chi connectivity index (χ1n) is 7.56. The van der Waals surface area contributed by atoms with Gasteiger partial charge in [0, 0.05) is 0 Å². The molecule has 128 valence electrons. The van der Waals surface area contributed by atoms with E-state index in [1.807, 2.05) is 0 Å². The Bertz CT molecular complexity index is 823. The predicted octanol–water partition coefficient (Wildman–Crippen LogP) is 2.20. The highest BCUT2D eigenvalue weighted by molar-refractivity contribution is 6.08. The second-order valence-electron chi connectivity index (χ2n) is 5.74. The van der Waals surface area contributed by atoms with E-state index in [0.717, 1.165) is 4.90 Å². The Morgan fingerprint density at radius 2 is 1.76 bits per heavy atom. The number of nitrogens with zero attached hydrogens (tertiary/aromatic N) is 1. The highest BCUT2D eigenvalue weighted by Gasteiger charge is 2.49. The summed E-state index contributed by atoms with van der Waals surface area (Å²) in [5.41, 5.74) is -0.941. The molecule has 0 aromatic heterocycles. The van der Waals surface area contributed by atoms with Crippen molar-refractivity contribution >= 4 is 17.9 Å². The van der Waals surface area contributed by atoms with Gasteiger partial charge in [0.2, 0.25) is 0 Å². The van der Waals surface area contributed by atoms with Crippen LogP contribution in [0.2, 0.25) is 0 Å². The molecule has 0 bridgehead atoms. The third-order valence-corrected chi connectivity index (χ3v) is 3.96. The lowest BCUT2D eigenvalue weighted by molar-refractivity contribution is -0.140. The predicted molar refractivity (Wildman–Crippen MR) is 86.1 cm³/mol. The fraction of sp³-hybridized carbons (Fsp3) is 0.167. The number of urea groups is 1. The second kappa shape index (κ2) is 6.35. The molecule has 0 radical (unpaired) electrons. The number of carbonyl (C=O) groups excluding carboxylic acids is 3. The van der Waals surface area contributed by atoms with Crippen molar-refractivity contribution in [2.24, 2.45) is 0 Å². The maximum atomic E-state index is 13.1. The number of amides is 3. The van der Waals surface area contributed by atoms with E-state index in [2.05, 4.69) is 5.32 Å². The van der Waals surface area contributed by atoms with Crippen LogP contribution < -0.4 is 10.1 Å². The molecule has 3 rings (SSSR count). The molecule has 1 aliphatic heterocycles. The van der Waals surface area contributed by atoms with Gasteiger partial charge in [-0.1, -0.05) is 30.3 Å². The second-order valence-corrected chi connectivity index (χ2v) is 5.74. The fourth-order valence-electron chi connectivity index (χ4n) is 2.60. The van der Waals surface area contributed by atoms with Gasteiger partial charge in [0.15, 0.2) is 0 Å². The van der Waals surface area contributed by atoms with Crippen molar-refractivity contribution in [2.45, 2.75) is 12.5 Å². The molecule has 1 heterocycles. The number of para-hydroxylation sites is 1. The summed E-state index contributed by atoms with van der Waals surface area (Å²) in [5.74, 6) is -1.47. The zero-order chi connectivity index (χ0) is 18.0. The minimum absolute atomic E-state index is 0.320. The van der Waals surface area contributed by atoms with Gasteiger partial charge < -0.3 is 10.1 Å². The maximum absolute atomic E-state index is 13.1. The van der Waals surface area contributed by atoms with Crippen molar-refractivity contribution in [3.63, 3.8) is 0 Å². The molecule has 1 aliphatic rings. The number of halogens is 1. The minimum atomic E-state index is -1.36. The molecule has 1 atom stereocenters. The average Bonchev–Trinajstić information content (AvgIpc) is 2.80. The van der Waals surface area contributed by atoms with E-state index >= 15 is 0 Å². The Balaban J connectivity index is 1.75. The van der Waals surface area contributed by atoms with Crippen molar-refractivity contribution in [3.05, 3.63) is 66.0 Å². The van der Waals surface area contributed by atoms with Gasteiger partial charge in [-0.05, 0) is 36.8 Å². The van der Waals surface area contributed by atoms with Crippen molar-refractivity contribution in [1.82, 2.24) is 10.2 Å². The maximum Gasteiger partial charge on any atom is 0.331 e. The summed E-state index contributed by atoms with van der Waals surface area (Å²) in [6, 6.07) is 12.9.